The van der Waals surface area contributed by atoms with E-state index in [1.54, 1.807) is 18.2 Å². The first-order valence-electron chi connectivity index (χ1n) is 14.2. The molecule has 2 heterocycles. The average Bonchev–Trinajstić information content (AvgIpc) is 3.65. The minimum Gasteiger partial charge on any atom is -0.493 e. The van der Waals surface area contributed by atoms with Gasteiger partial charge in [-0.3, -0.25) is 19.2 Å². The van der Waals surface area contributed by atoms with Crippen molar-refractivity contribution in [3.8, 4) is 23.0 Å². The lowest BCUT2D eigenvalue weighted by Gasteiger charge is -2.14. The molecule has 2 N–H and O–H groups in total. The van der Waals surface area contributed by atoms with Crippen molar-refractivity contribution in [1.82, 2.24) is 0 Å². The van der Waals surface area contributed by atoms with Crippen LogP contribution in [0.3, 0.4) is 0 Å². The van der Waals surface area contributed by atoms with Crippen LogP contribution in [0.25, 0.3) is 20.2 Å². The number of unbranched alkanes of at least 4 members (excludes halogenated alkanes) is 1. The third-order valence-corrected chi connectivity index (χ3v) is 10.2. The van der Waals surface area contributed by atoms with Crippen molar-refractivity contribution in [1.29, 1.82) is 0 Å². The van der Waals surface area contributed by atoms with Gasteiger partial charge in [-0.15, -0.1) is 22.7 Å². The molecule has 10 nitrogen and oxygen atoms in total. The molecule has 2 unspecified atom stereocenters. The molecule has 0 fully saturated rings. The van der Waals surface area contributed by atoms with Crippen molar-refractivity contribution in [2.24, 2.45) is 11.8 Å². The number of fused-ring (bicyclic) bond motifs is 2. The van der Waals surface area contributed by atoms with Crippen LogP contribution in [0.1, 0.15) is 58.9 Å². The second-order valence-electron chi connectivity index (χ2n) is 10.6. The summed E-state index contributed by atoms with van der Waals surface area (Å²) < 4.78 is 40.0. The SMILES string of the molecule is COc1cc2sc(C(=O)CC(C)C(=O)O)cc2c(F)c1OCCCCOc1c(OC)cc2sc(C(=O)CC(C)C(=O)O)cc2c1Br. The Kier molecular flexibility index (Phi) is 11.6. The fourth-order valence-electron chi connectivity index (χ4n) is 4.53. The number of methoxy groups -OCH3 is 2. The molecule has 0 saturated carbocycles. The van der Waals surface area contributed by atoms with Crippen LogP contribution in [0.15, 0.2) is 28.7 Å². The molecule has 2 aromatic carbocycles. The Bertz CT molecular complexity index is 1670. The van der Waals surface area contributed by atoms with E-state index in [-0.39, 0.29) is 59.4 Å². The summed E-state index contributed by atoms with van der Waals surface area (Å²) in [5, 5.41) is 19.2. The smallest absolute Gasteiger partial charge is 0.306 e. The minimum atomic E-state index is -1.08. The minimum absolute atomic E-state index is 0.0814. The van der Waals surface area contributed by atoms with Crippen LogP contribution in [0.2, 0.25) is 0 Å². The molecule has 2 atom stereocenters. The second kappa shape index (κ2) is 15.2. The molecule has 0 amide bonds. The molecule has 14 heteroatoms. The van der Waals surface area contributed by atoms with Gasteiger partial charge in [0.05, 0.1) is 53.5 Å². The van der Waals surface area contributed by atoms with Gasteiger partial charge in [0.2, 0.25) is 0 Å². The molecule has 0 aliphatic rings. The summed E-state index contributed by atoms with van der Waals surface area (Å²) in [6.45, 7) is 3.36. The second-order valence-corrected chi connectivity index (χ2v) is 13.6. The number of Topliss-reactive ketones (excluding diaryl/α,β-unsaturated/α-hetero) is 2. The molecule has 0 spiro atoms. The van der Waals surface area contributed by atoms with Crippen molar-refractivity contribution < 1.29 is 52.7 Å². The number of hydrogen-bond donors (Lipinski definition) is 2. The number of aliphatic carboxylic acids is 2. The zero-order chi connectivity index (χ0) is 33.7. The fourth-order valence-corrected chi connectivity index (χ4v) is 7.38. The van der Waals surface area contributed by atoms with Crippen molar-refractivity contribution in [3.05, 3.63) is 44.3 Å². The Morgan fingerprint density at radius 1 is 0.761 bits per heavy atom. The lowest BCUT2D eigenvalue weighted by Crippen LogP contribution is -2.13. The molecule has 0 saturated heterocycles. The van der Waals surface area contributed by atoms with E-state index >= 15 is 4.39 Å². The Morgan fingerprint density at radius 2 is 1.20 bits per heavy atom. The van der Waals surface area contributed by atoms with Gasteiger partial charge in [-0.05, 0) is 40.9 Å². The first-order chi connectivity index (χ1) is 21.9. The third-order valence-electron chi connectivity index (χ3n) is 7.21. The molecule has 246 valence electrons. The van der Waals surface area contributed by atoms with E-state index in [9.17, 15) is 19.2 Å². The third kappa shape index (κ3) is 7.78. The largest absolute Gasteiger partial charge is 0.493 e. The average molecular weight is 740 g/mol. The maximum atomic E-state index is 15.5. The van der Waals surface area contributed by atoms with E-state index in [4.69, 9.17) is 29.2 Å². The summed E-state index contributed by atoms with van der Waals surface area (Å²) in [5.74, 6) is -4.05. The lowest BCUT2D eigenvalue weighted by molar-refractivity contribution is -0.141. The molecule has 2 aromatic heterocycles. The van der Waals surface area contributed by atoms with Crippen LogP contribution in [-0.2, 0) is 9.59 Å². The monoisotopic (exact) mass is 738 g/mol. The maximum absolute atomic E-state index is 15.5. The highest BCUT2D eigenvalue weighted by Gasteiger charge is 2.24. The highest BCUT2D eigenvalue weighted by molar-refractivity contribution is 9.10. The number of thiophene rings is 2. The van der Waals surface area contributed by atoms with E-state index in [2.05, 4.69) is 15.9 Å². The molecule has 0 aliphatic carbocycles. The molecule has 0 bridgehead atoms. The van der Waals surface area contributed by atoms with Crippen LogP contribution in [0.4, 0.5) is 4.39 Å². The van der Waals surface area contributed by atoms with Gasteiger partial charge in [0.1, 0.15) is 0 Å². The number of halogens is 2. The lowest BCUT2D eigenvalue weighted by atomic mass is 10.0. The highest BCUT2D eigenvalue weighted by Crippen LogP contribution is 2.45. The fraction of sp³-hybridized carbons (Fsp3) is 0.375. The molecule has 4 rings (SSSR count). The first kappa shape index (κ1) is 35.1. The molecule has 0 aliphatic heterocycles. The summed E-state index contributed by atoms with van der Waals surface area (Å²) in [5.41, 5.74) is 0. The van der Waals surface area contributed by atoms with Crippen LogP contribution in [0.5, 0.6) is 23.0 Å². The van der Waals surface area contributed by atoms with E-state index in [1.165, 1.54) is 45.5 Å². The zero-order valence-corrected chi connectivity index (χ0v) is 28.7. The molecule has 46 heavy (non-hydrogen) atoms. The van der Waals surface area contributed by atoms with Crippen molar-refractivity contribution in [3.63, 3.8) is 0 Å². The summed E-state index contributed by atoms with van der Waals surface area (Å²) in [7, 11) is 2.89. The summed E-state index contributed by atoms with van der Waals surface area (Å²) in [4.78, 5) is 48.2. The topological polar surface area (TPSA) is 146 Å². The number of ketones is 2. The van der Waals surface area contributed by atoms with Crippen molar-refractivity contribution >= 4 is 82.3 Å². The van der Waals surface area contributed by atoms with E-state index in [0.717, 1.165) is 21.4 Å². The number of carbonyl (C=O) groups excluding carboxylic acids is 2. The quantitative estimate of drug-likeness (QED) is 0.0811. The summed E-state index contributed by atoms with van der Waals surface area (Å²) in [6.07, 6.45) is 0.750. The normalized spacial score (nSPS) is 12.6. The number of rotatable bonds is 17. The Balaban J connectivity index is 1.39. The van der Waals surface area contributed by atoms with Crippen molar-refractivity contribution in [2.75, 3.05) is 27.4 Å². The summed E-state index contributed by atoms with van der Waals surface area (Å²) in [6, 6.07) is 6.48. The number of ether oxygens (including phenoxy) is 4. The summed E-state index contributed by atoms with van der Waals surface area (Å²) >= 11 is 5.89. The van der Waals surface area contributed by atoms with Gasteiger partial charge in [-0.2, -0.15) is 0 Å². The number of carboxylic acid groups (broad SMARTS) is 2. The number of hydrogen-bond acceptors (Lipinski definition) is 10. The standard InChI is InChI=1S/C32H32BrFO10S2/c1-15(31(37)38)9-19(35)25-11-17-23(45-25)13-21(41-3)29(27(17)33)43-7-5-6-8-44-30-22(42-4)14-24-18(28(30)34)12-26(46-24)20(36)10-16(2)32(39)40/h11-16H,5-10H2,1-4H3,(H,37,38)(H,39,40). The van der Waals surface area contributed by atoms with Gasteiger partial charge in [0.15, 0.2) is 40.4 Å². The predicted octanol–water partition coefficient (Wildman–Crippen LogP) is 7.86. The maximum Gasteiger partial charge on any atom is 0.306 e. The van der Waals surface area contributed by atoms with Gasteiger partial charge in [0.25, 0.3) is 0 Å². The van der Waals surface area contributed by atoms with Gasteiger partial charge in [0, 0.05) is 45.1 Å². The molecular formula is C32H32BrFO10S2. The van der Waals surface area contributed by atoms with E-state index in [1.807, 2.05) is 0 Å². The van der Waals surface area contributed by atoms with Gasteiger partial charge in [-0.25, -0.2) is 4.39 Å². The highest BCUT2D eigenvalue weighted by atomic mass is 79.9. The molecule has 0 radical (unpaired) electrons. The molecule has 4 aromatic rings. The van der Waals surface area contributed by atoms with Crippen LogP contribution in [0, 0.1) is 17.7 Å². The van der Waals surface area contributed by atoms with E-state index in [0.29, 0.717) is 38.4 Å². The van der Waals surface area contributed by atoms with E-state index < -0.39 is 29.6 Å². The number of carboxylic acids is 2. The van der Waals surface area contributed by atoms with Crippen molar-refractivity contribution in [2.45, 2.75) is 39.5 Å². The predicted molar refractivity (Wildman–Crippen MR) is 176 cm³/mol. The first-order valence-corrected chi connectivity index (χ1v) is 16.7. The Morgan fingerprint density at radius 3 is 1.67 bits per heavy atom. The van der Waals surface area contributed by atoms with Crippen LogP contribution in [-0.4, -0.2) is 61.2 Å². The van der Waals surface area contributed by atoms with Gasteiger partial charge < -0.3 is 29.2 Å². The number of benzene rings is 2. The van der Waals surface area contributed by atoms with Crippen LogP contribution < -0.4 is 18.9 Å². The molecular weight excluding hydrogens is 707 g/mol. The Hall–Kier alpha value is -3.75. The van der Waals surface area contributed by atoms with Gasteiger partial charge >= 0.3 is 11.9 Å². The number of carbonyl (C=O) groups is 4. The van der Waals surface area contributed by atoms with Crippen LogP contribution >= 0.6 is 38.6 Å². The van der Waals surface area contributed by atoms with Gasteiger partial charge in [-0.1, -0.05) is 13.8 Å². The Labute approximate surface area is 280 Å². The zero-order valence-electron chi connectivity index (χ0n) is 25.4.